The Morgan fingerprint density at radius 1 is 1.20 bits per heavy atom. The lowest BCUT2D eigenvalue weighted by Crippen LogP contribution is -2.26. The van der Waals surface area contributed by atoms with Crippen molar-refractivity contribution in [1.29, 1.82) is 0 Å². The van der Waals surface area contributed by atoms with Crippen molar-refractivity contribution in [2.24, 2.45) is 0 Å². The Kier molecular flexibility index (Phi) is 6.65. The number of hydrogen-bond donors (Lipinski definition) is 0. The van der Waals surface area contributed by atoms with Gasteiger partial charge in [0, 0.05) is 29.2 Å². The number of benzene rings is 2. The molecule has 0 aliphatic heterocycles. The van der Waals surface area contributed by atoms with Crippen LogP contribution in [0, 0.1) is 0 Å². The third-order valence-electron chi connectivity index (χ3n) is 3.88. The van der Waals surface area contributed by atoms with Gasteiger partial charge in [0.15, 0.2) is 11.5 Å². The summed E-state index contributed by atoms with van der Waals surface area (Å²) in [6.07, 6.45) is 2.37. The lowest BCUT2D eigenvalue weighted by molar-refractivity contribution is 0.0784. The van der Waals surface area contributed by atoms with Gasteiger partial charge in [-0.25, -0.2) is 0 Å². The Morgan fingerprint density at radius 2 is 1.92 bits per heavy atom. The standard InChI is InChI=1S/C20H22BrNO3/c1-5-8-14-11-16(12-18(24-3)19(14)25-4)20(23)22(2)13-15-9-6-7-10-17(15)21/h5-7,9-12H,1,8,13H2,2-4H3. The molecule has 132 valence electrons. The summed E-state index contributed by atoms with van der Waals surface area (Å²) in [5, 5.41) is 0. The fourth-order valence-electron chi connectivity index (χ4n) is 2.65. The average Bonchev–Trinajstić information content (AvgIpc) is 2.62. The first-order valence-electron chi connectivity index (χ1n) is 7.86. The normalized spacial score (nSPS) is 10.2. The molecule has 0 spiro atoms. The van der Waals surface area contributed by atoms with Crippen LogP contribution in [0.1, 0.15) is 21.5 Å². The van der Waals surface area contributed by atoms with E-state index in [1.165, 1.54) is 0 Å². The molecule has 2 rings (SSSR count). The zero-order chi connectivity index (χ0) is 18.4. The Labute approximate surface area is 157 Å². The molecule has 0 unspecified atom stereocenters. The van der Waals surface area contributed by atoms with E-state index in [0.29, 0.717) is 30.0 Å². The Bertz CT molecular complexity index is 774. The predicted molar refractivity (Wildman–Crippen MR) is 103 cm³/mol. The summed E-state index contributed by atoms with van der Waals surface area (Å²) in [4.78, 5) is 14.6. The van der Waals surface area contributed by atoms with Gasteiger partial charge in [-0.2, -0.15) is 0 Å². The van der Waals surface area contributed by atoms with Crippen molar-refractivity contribution >= 4 is 21.8 Å². The highest BCUT2D eigenvalue weighted by Crippen LogP contribution is 2.33. The van der Waals surface area contributed by atoms with E-state index in [2.05, 4.69) is 22.5 Å². The predicted octanol–water partition coefficient (Wildman–Crippen LogP) is 4.47. The third kappa shape index (κ3) is 4.42. The molecule has 0 fully saturated rings. The molecule has 2 aromatic rings. The van der Waals surface area contributed by atoms with Crippen LogP contribution in [0.15, 0.2) is 53.5 Å². The van der Waals surface area contributed by atoms with Crippen LogP contribution in [-0.4, -0.2) is 32.1 Å². The van der Waals surface area contributed by atoms with Gasteiger partial charge in [-0.15, -0.1) is 6.58 Å². The smallest absolute Gasteiger partial charge is 0.254 e. The maximum atomic E-state index is 12.9. The Hall–Kier alpha value is -2.27. The summed E-state index contributed by atoms with van der Waals surface area (Å²) in [5.74, 6) is 1.09. The molecular formula is C20H22BrNO3. The van der Waals surface area contributed by atoms with E-state index in [9.17, 15) is 4.79 Å². The largest absolute Gasteiger partial charge is 0.493 e. The number of amides is 1. The molecule has 0 radical (unpaired) electrons. The van der Waals surface area contributed by atoms with E-state index in [0.717, 1.165) is 15.6 Å². The van der Waals surface area contributed by atoms with Crippen molar-refractivity contribution in [2.45, 2.75) is 13.0 Å². The monoisotopic (exact) mass is 403 g/mol. The summed E-state index contributed by atoms with van der Waals surface area (Å²) in [7, 11) is 4.94. The number of carbonyl (C=O) groups is 1. The van der Waals surface area contributed by atoms with Crippen molar-refractivity contribution < 1.29 is 14.3 Å². The quantitative estimate of drug-likeness (QED) is 0.640. The summed E-state index contributed by atoms with van der Waals surface area (Å²) < 4.78 is 11.8. The second-order valence-corrected chi connectivity index (χ2v) is 6.47. The fourth-order valence-corrected chi connectivity index (χ4v) is 3.06. The first kappa shape index (κ1) is 19.1. The summed E-state index contributed by atoms with van der Waals surface area (Å²) in [6, 6.07) is 11.4. The van der Waals surface area contributed by atoms with Crippen LogP contribution in [0.2, 0.25) is 0 Å². The Morgan fingerprint density at radius 3 is 2.52 bits per heavy atom. The molecule has 0 aromatic heterocycles. The van der Waals surface area contributed by atoms with Crippen molar-refractivity contribution in [3.05, 3.63) is 70.2 Å². The zero-order valence-electron chi connectivity index (χ0n) is 14.7. The van der Waals surface area contributed by atoms with Crippen LogP contribution in [0.25, 0.3) is 0 Å². The van der Waals surface area contributed by atoms with Crippen LogP contribution in [0.4, 0.5) is 0 Å². The number of ether oxygens (including phenoxy) is 2. The van der Waals surface area contributed by atoms with Crippen LogP contribution in [0.5, 0.6) is 11.5 Å². The molecule has 0 aliphatic carbocycles. The molecule has 4 nitrogen and oxygen atoms in total. The third-order valence-corrected chi connectivity index (χ3v) is 4.65. The van der Waals surface area contributed by atoms with E-state index in [4.69, 9.17) is 9.47 Å². The molecule has 1 amide bonds. The molecule has 0 atom stereocenters. The van der Waals surface area contributed by atoms with Gasteiger partial charge in [-0.1, -0.05) is 40.2 Å². The lowest BCUT2D eigenvalue weighted by Gasteiger charge is -2.20. The summed E-state index contributed by atoms with van der Waals surface area (Å²) >= 11 is 3.52. The van der Waals surface area contributed by atoms with Gasteiger partial charge in [-0.05, 0) is 30.2 Å². The number of rotatable bonds is 7. The summed E-state index contributed by atoms with van der Waals surface area (Å²) in [5.41, 5.74) is 2.48. The van der Waals surface area contributed by atoms with Gasteiger partial charge in [0.25, 0.3) is 5.91 Å². The minimum absolute atomic E-state index is 0.0815. The van der Waals surface area contributed by atoms with Crippen LogP contribution < -0.4 is 9.47 Å². The second-order valence-electron chi connectivity index (χ2n) is 5.62. The first-order chi connectivity index (χ1) is 12.0. The lowest BCUT2D eigenvalue weighted by atomic mass is 10.0. The number of methoxy groups -OCH3 is 2. The van der Waals surface area contributed by atoms with E-state index in [1.54, 1.807) is 38.3 Å². The van der Waals surface area contributed by atoms with E-state index < -0.39 is 0 Å². The molecule has 0 N–H and O–H groups in total. The number of halogens is 1. The van der Waals surface area contributed by atoms with Crippen molar-refractivity contribution in [2.75, 3.05) is 21.3 Å². The van der Waals surface area contributed by atoms with Crippen LogP contribution in [0.3, 0.4) is 0 Å². The Balaban J connectivity index is 2.33. The first-order valence-corrected chi connectivity index (χ1v) is 8.65. The van der Waals surface area contributed by atoms with Gasteiger partial charge in [0.1, 0.15) is 0 Å². The fraction of sp³-hybridized carbons (Fsp3) is 0.250. The maximum Gasteiger partial charge on any atom is 0.254 e. The van der Waals surface area contributed by atoms with Gasteiger partial charge < -0.3 is 14.4 Å². The maximum absolute atomic E-state index is 12.9. The highest BCUT2D eigenvalue weighted by molar-refractivity contribution is 9.10. The number of allylic oxidation sites excluding steroid dienone is 1. The minimum Gasteiger partial charge on any atom is -0.493 e. The highest BCUT2D eigenvalue weighted by Gasteiger charge is 2.18. The van der Waals surface area contributed by atoms with Crippen molar-refractivity contribution in [3.8, 4) is 11.5 Å². The molecule has 2 aromatic carbocycles. The number of nitrogens with zero attached hydrogens (tertiary/aromatic N) is 1. The number of hydrogen-bond acceptors (Lipinski definition) is 3. The molecule has 0 bridgehead atoms. The number of carbonyl (C=O) groups excluding carboxylic acids is 1. The van der Waals surface area contributed by atoms with Crippen LogP contribution >= 0.6 is 15.9 Å². The minimum atomic E-state index is -0.0815. The molecule has 0 aliphatic rings. The van der Waals surface area contributed by atoms with Crippen molar-refractivity contribution in [3.63, 3.8) is 0 Å². The second kappa shape index (κ2) is 8.72. The molecule has 0 saturated heterocycles. The average molecular weight is 404 g/mol. The topological polar surface area (TPSA) is 38.8 Å². The highest BCUT2D eigenvalue weighted by atomic mass is 79.9. The molecular weight excluding hydrogens is 382 g/mol. The molecule has 0 heterocycles. The molecule has 0 saturated carbocycles. The van der Waals surface area contributed by atoms with E-state index in [-0.39, 0.29) is 5.91 Å². The van der Waals surface area contributed by atoms with Crippen molar-refractivity contribution in [1.82, 2.24) is 4.90 Å². The summed E-state index contributed by atoms with van der Waals surface area (Å²) in [6.45, 7) is 4.27. The van der Waals surface area contributed by atoms with Gasteiger partial charge >= 0.3 is 0 Å². The SMILES string of the molecule is C=CCc1cc(C(=O)N(C)Cc2ccccc2Br)cc(OC)c1OC. The van der Waals surface area contributed by atoms with E-state index in [1.807, 2.05) is 30.3 Å². The van der Waals surface area contributed by atoms with Gasteiger partial charge in [-0.3, -0.25) is 4.79 Å². The van der Waals surface area contributed by atoms with Gasteiger partial charge in [0.2, 0.25) is 0 Å². The molecule has 25 heavy (non-hydrogen) atoms. The van der Waals surface area contributed by atoms with E-state index >= 15 is 0 Å². The van der Waals surface area contributed by atoms with Crippen LogP contribution in [-0.2, 0) is 13.0 Å². The van der Waals surface area contributed by atoms with Gasteiger partial charge in [0.05, 0.1) is 14.2 Å². The molecule has 5 heteroatoms. The zero-order valence-corrected chi connectivity index (χ0v) is 16.3.